The number of rotatable bonds is 5. The minimum atomic E-state index is -1.24. The summed E-state index contributed by atoms with van der Waals surface area (Å²) >= 11 is 6.07. The summed E-state index contributed by atoms with van der Waals surface area (Å²) in [5.74, 6) is -1.75. The normalized spacial score (nSPS) is 12.7. The van der Waals surface area contributed by atoms with Crippen LogP contribution in [0.15, 0.2) is 52.9 Å². The molecule has 8 heteroatoms. The van der Waals surface area contributed by atoms with Gasteiger partial charge < -0.3 is 19.7 Å². The zero-order chi connectivity index (χ0) is 21.4. The molecule has 1 aromatic heterocycles. The van der Waals surface area contributed by atoms with Gasteiger partial charge in [-0.1, -0.05) is 29.8 Å². The number of fused-ring (bicyclic) bond motifs is 1. The summed E-state index contributed by atoms with van der Waals surface area (Å²) in [5, 5.41) is 12.3. The Bertz CT molecular complexity index is 1170. The van der Waals surface area contributed by atoms with Crippen molar-refractivity contribution in [2.24, 2.45) is 0 Å². The second-order valence-corrected chi connectivity index (χ2v) is 7.40. The molecule has 0 unspecified atom stereocenters. The quantitative estimate of drug-likeness (QED) is 0.636. The summed E-state index contributed by atoms with van der Waals surface area (Å²) in [7, 11) is 0. The fourth-order valence-corrected chi connectivity index (χ4v) is 3.56. The second kappa shape index (κ2) is 7.68. The van der Waals surface area contributed by atoms with Gasteiger partial charge in [0.2, 0.25) is 11.7 Å². The van der Waals surface area contributed by atoms with Crippen LogP contribution in [0, 0.1) is 6.92 Å². The predicted molar refractivity (Wildman–Crippen MR) is 111 cm³/mol. The van der Waals surface area contributed by atoms with Gasteiger partial charge >= 0.3 is 5.97 Å². The van der Waals surface area contributed by atoms with Crippen molar-refractivity contribution in [3.05, 3.63) is 81.8 Å². The molecule has 0 saturated heterocycles. The van der Waals surface area contributed by atoms with Crippen LogP contribution in [0.3, 0.4) is 0 Å². The van der Waals surface area contributed by atoms with Crippen LogP contribution in [-0.4, -0.2) is 22.9 Å². The number of carboxylic acid groups (broad SMARTS) is 1. The Hall–Kier alpha value is -3.58. The molecular weight excluding hydrogens is 408 g/mol. The molecule has 1 aliphatic rings. The molecule has 0 spiro atoms. The van der Waals surface area contributed by atoms with Crippen molar-refractivity contribution in [1.29, 1.82) is 0 Å². The molecule has 4 rings (SSSR count). The largest absolute Gasteiger partial charge is 0.475 e. The third-order valence-corrected chi connectivity index (χ3v) is 5.14. The number of furan rings is 1. The number of aromatic carboxylic acids is 1. The number of nitrogens with one attached hydrogen (secondary N) is 1. The molecule has 2 aromatic carbocycles. The molecule has 2 N–H and O–H groups in total. The third-order valence-electron chi connectivity index (χ3n) is 4.91. The highest BCUT2D eigenvalue weighted by atomic mass is 35.5. The zero-order valence-electron chi connectivity index (χ0n) is 15.9. The van der Waals surface area contributed by atoms with E-state index in [1.54, 1.807) is 29.2 Å². The van der Waals surface area contributed by atoms with Crippen molar-refractivity contribution < 1.29 is 23.9 Å². The van der Waals surface area contributed by atoms with Crippen LogP contribution in [0.2, 0.25) is 5.02 Å². The summed E-state index contributed by atoms with van der Waals surface area (Å²) in [6, 6.07) is 13.7. The summed E-state index contributed by atoms with van der Waals surface area (Å²) < 4.78 is 5.07. The van der Waals surface area contributed by atoms with Gasteiger partial charge in [0.1, 0.15) is 5.76 Å². The van der Waals surface area contributed by atoms with Crippen molar-refractivity contribution >= 4 is 40.8 Å². The average Bonchev–Trinajstić information content (AvgIpc) is 3.24. The maximum absolute atomic E-state index is 12.4. The van der Waals surface area contributed by atoms with E-state index in [0.717, 1.165) is 16.8 Å². The Labute approximate surface area is 176 Å². The van der Waals surface area contributed by atoms with Crippen molar-refractivity contribution in [2.45, 2.75) is 19.9 Å². The van der Waals surface area contributed by atoms with Gasteiger partial charge in [-0.3, -0.25) is 9.59 Å². The molecule has 0 atom stereocenters. The highest BCUT2D eigenvalue weighted by Gasteiger charge is 2.27. The fraction of sp³-hybridized carbons (Fsp3) is 0.136. The Morgan fingerprint density at radius 1 is 1.17 bits per heavy atom. The first-order chi connectivity index (χ1) is 14.3. The van der Waals surface area contributed by atoms with Gasteiger partial charge in [-0.2, -0.15) is 0 Å². The average molecular weight is 425 g/mol. The number of carbonyl (C=O) groups is 3. The van der Waals surface area contributed by atoms with E-state index in [1.165, 1.54) is 13.0 Å². The van der Waals surface area contributed by atoms with Crippen LogP contribution in [0.5, 0.6) is 0 Å². The lowest BCUT2D eigenvalue weighted by Gasteiger charge is -2.18. The fourth-order valence-electron chi connectivity index (χ4n) is 3.39. The predicted octanol–water partition coefficient (Wildman–Crippen LogP) is 4.28. The number of carbonyl (C=O) groups excluding carboxylic acids is 2. The first kappa shape index (κ1) is 19.7. The van der Waals surface area contributed by atoms with Crippen LogP contribution in [0.4, 0.5) is 11.4 Å². The lowest BCUT2D eigenvalue weighted by atomic mass is 10.1. The maximum Gasteiger partial charge on any atom is 0.371 e. The van der Waals surface area contributed by atoms with Crippen molar-refractivity contribution in [3.8, 4) is 0 Å². The summed E-state index contributed by atoms with van der Waals surface area (Å²) in [6.45, 7) is 1.92. The van der Waals surface area contributed by atoms with Gasteiger partial charge in [-0.25, -0.2) is 4.79 Å². The maximum atomic E-state index is 12.4. The van der Waals surface area contributed by atoms with Gasteiger partial charge in [0.15, 0.2) is 0 Å². The Balaban J connectivity index is 1.46. The summed E-state index contributed by atoms with van der Waals surface area (Å²) in [4.78, 5) is 37.5. The van der Waals surface area contributed by atoms with Gasteiger partial charge in [0.25, 0.3) is 5.91 Å². The molecule has 3 aromatic rings. The lowest BCUT2D eigenvalue weighted by Crippen LogP contribution is -2.26. The molecule has 7 nitrogen and oxygen atoms in total. The standard InChI is InChI=1S/C22H17ClN2O5/c1-12-17(10-19(30-12)22(28)29)21(27)24-16-6-2-13(3-7-16)11-25-18-9-15(23)5-4-14(18)8-20(25)26/h2-7,9-10H,8,11H2,1H3,(H,24,27)(H,28,29). The number of aryl methyl sites for hydroxylation is 1. The van der Waals surface area contributed by atoms with Gasteiger partial charge in [-0.05, 0) is 42.3 Å². The van der Waals surface area contributed by atoms with E-state index >= 15 is 0 Å². The highest BCUT2D eigenvalue weighted by molar-refractivity contribution is 6.31. The minimum Gasteiger partial charge on any atom is -0.475 e. The number of halogens is 1. The molecule has 0 fully saturated rings. The van der Waals surface area contributed by atoms with Crippen LogP contribution in [0.25, 0.3) is 0 Å². The van der Waals surface area contributed by atoms with E-state index in [2.05, 4.69) is 5.32 Å². The highest BCUT2D eigenvalue weighted by Crippen LogP contribution is 2.32. The molecule has 2 heterocycles. The van der Waals surface area contributed by atoms with E-state index < -0.39 is 11.9 Å². The van der Waals surface area contributed by atoms with Crippen molar-refractivity contribution in [3.63, 3.8) is 0 Å². The van der Waals surface area contributed by atoms with E-state index in [0.29, 0.717) is 23.7 Å². The molecule has 0 saturated carbocycles. The van der Waals surface area contributed by atoms with Crippen LogP contribution < -0.4 is 10.2 Å². The van der Waals surface area contributed by atoms with Gasteiger partial charge in [0, 0.05) is 22.5 Å². The Kier molecular flexibility index (Phi) is 5.05. The Morgan fingerprint density at radius 2 is 1.90 bits per heavy atom. The van der Waals surface area contributed by atoms with Gasteiger partial charge in [0.05, 0.1) is 18.5 Å². The zero-order valence-corrected chi connectivity index (χ0v) is 16.7. The SMILES string of the molecule is Cc1oc(C(=O)O)cc1C(=O)Nc1ccc(CN2C(=O)Cc3ccc(Cl)cc32)cc1. The second-order valence-electron chi connectivity index (χ2n) is 6.97. The lowest BCUT2D eigenvalue weighted by molar-refractivity contribution is -0.117. The smallest absolute Gasteiger partial charge is 0.371 e. The molecule has 152 valence electrons. The van der Waals surface area contributed by atoms with Crippen LogP contribution >= 0.6 is 11.6 Å². The van der Waals surface area contributed by atoms with Crippen molar-refractivity contribution in [1.82, 2.24) is 0 Å². The molecule has 0 aliphatic carbocycles. The van der Waals surface area contributed by atoms with Crippen LogP contribution in [0.1, 0.15) is 37.8 Å². The number of nitrogens with zero attached hydrogens (tertiary/aromatic N) is 1. The Morgan fingerprint density at radius 3 is 2.57 bits per heavy atom. The summed E-state index contributed by atoms with van der Waals surface area (Å²) in [5.41, 5.74) is 3.35. The van der Waals surface area contributed by atoms with Crippen molar-refractivity contribution in [2.75, 3.05) is 10.2 Å². The molecule has 0 radical (unpaired) electrons. The number of benzene rings is 2. The first-order valence-electron chi connectivity index (χ1n) is 9.14. The van der Waals surface area contributed by atoms with E-state index in [-0.39, 0.29) is 23.0 Å². The first-order valence-corrected chi connectivity index (χ1v) is 9.52. The monoisotopic (exact) mass is 424 g/mol. The molecule has 2 amide bonds. The molecule has 0 bridgehead atoms. The topological polar surface area (TPSA) is 99.8 Å². The van der Waals surface area contributed by atoms with E-state index in [9.17, 15) is 14.4 Å². The van der Waals surface area contributed by atoms with Gasteiger partial charge in [-0.15, -0.1) is 0 Å². The molecule has 30 heavy (non-hydrogen) atoms. The third kappa shape index (κ3) is 3.79. The van der Waals surface area contributed by atoms with E-state index in [1.807, 2.05) is 18.2 Å². The number of carboxylic acids is 1. The number of hydrogen-bond acceptors (Lipinski definition) is 4. The molecule has 1 aliphatic heterocycles. The number of hydrogen-bond donors (Lipinski definition) is 2. The van der Waals surface area contributed by atoms with E-state index in [4.69, 9.17) is 21.1 Å². The number of anilines is 2. The minimum absolute atomic E-state index is 0.00862. The summed E-state index contributed by atoms with van der Waals surface area (Å²) in [6.07, 6.45) is 0.350. The number of amides is 2. The molecular formula is C22H17ClN2O5. The van der Waals surface area contributed by atoms with Crippen LogP contribution in [-0.2, 0) is 17.8 Å².